The number of allylic oxidation sites excluding steroid dienone is 3. The van der Waals surface area contributed by atoms with Crippen LogP contribution in [-0.4, -0.2) is 57.4 Å². The number of aromatic hydroxyl groups is 2. The summed E-state index contributed by atoms with van der Waals surface area (Å²) < 4.78 is 0. The van der Waals surface area contributed by atoms with E-state index in [1.165, 1.54) is 30.3 Å². The highest BCUT2D eigenvalue weighted by Gasteiger charge is 2.32. The van der Waals surface area contributed by atoms with Crippen LogP contribution >= 0.6 is 23.2 Å². The Hall–Kier alpha value is -3.62. The van der Waals surface area contributed by atoms with Crippen molar-refractivity contribution < 1.29 is 34.5 Å². The molecule has 164 valence electrons. The molecule has 2 aromatic carbocycles. The number of ketones is 4. The third-order valence-corrected chi connectivity index (χ3v) is 5.33. The van der Waals surface area contributed by atoms with E-state index in [4.69, 9.17) is 23.2 Å². The largest absolute Gasteiger partial charge is 0.507 e. The quantitative estimate of drug-likeness (QED) is 0.533. The Morgan fingerprint density at radius 3 is 1.69 bits per heavy atom. The van der Waals surface area contributed by atoms with E-state index in [9.17, 15) is 34.5 Å². The number of Topliss-reactive ketones (excluding diaryl/α,β-unsaturated/α-hetero) is 2. The summed E-state index contributed by atoms with van der Waals surface area (Å²) in [6.07, 6.45) is 1.97. The number of rotatable bonds is 1. The molecule has 0 amide bonds. The van der Waals surface area contributed by atoms with Crippen LogP contribution in [0.2, 0.25) is 10.0 Å². The third kappa shape index (κ3) is 3.86. The van der Waals surface area contributed by atoms with Crippen molar-refractivity contribution in [3.8, 4) is 11.5 Å². The van der Waals surface area contributed by atoms with Gasteiger partial charge < -0.3 is 20.2 Å². The highest BCUT2D eigenvalue weighted by Crippen LogP contribution is 2.36. The number of carbonyl (C=O) groups is 4. The van der Waals surface area contributed by atoms with Gasteiger partial charge in [0.2, 0.25) is 17.3 Å². The van der Waals surface area contributed by atoms with Gasteiger partial charge in [0.1, 0.15) is 17.3 Å². The number of aliphatic hydroxyl groups is 1. The molecule has 0 bridgehead atoms. The summed E-state index contributed by atoms with van der Waals surface area (Å²) in [4.78, 5) is 48.0. The van der Waals surface area contributed by atoms with Crippen LogP contribution in [0.5, 0.6) is 11.5 Å². The first-order valence-corrected chi connectivity index (χ1v) is 9.72. The third-order valence-electron chi connectivity index (χ3n) is 4.70. The maximum atomic E-state index is 12.1. The fourth-order valence-corrected chi connectivity index (χ4v) is 3.68. The molecule has 4 rings (SSSR count). The molecule has 2 aliphatic carbocycles. The molecule has 0 saturated heterocycles. The molecular weight excluding hydrogens is 461 g/mol. The first-order chi connectivity index (χ1) is 15.0. The average Bonchev–Trinajstić information content (AvgIpc) is 2.72. The number of likely N-dealkylation sites (N-methyl/N-ethyl adjacent to an activating group) is 1. The summed E-state index contributed by atoms with van der Waals surface area (Å²) in [5.41, 5.74) is 0.0692. The number of phenolic OH excluding ortho intramolecular Hbond substituents is 2. The first-order valence-electron chi connectivity index (χ1n) is 8.96. The molecule has 0 atom stereocenters. The van der Waals surface area contributed by atoms with E-state index in [2.05, 4.69) is 0 Å². The predicted octanol–water partition coefficient (Wildman–Crippen LogP) is 3.58. The predicted molar refractivity (Wildman–Crippen MR) is 117 cm³/mol. The van der Waals surface area contributed by atoms with Crippen molar-refractivity contribution in [2.75, 3.05) is 14.1 Å². The van der Waals surface area contributed by atoms with Gasteiger partial charge in [0.05, 0.1) is 38.0 Å². The molecule has 0 aromatic heterocycles. The van der Waals surface area contributed by atoms with Crippen molar-refractivity contribution >= 4 is 52.1 Å². The monoisotopic (exact) mass is 475 g/mol. The number of hydrogen-bond acceptors (Lipinski definition) is 8. The Kier molecular flexibility index (Phi) is 6.11. The lowest BCUT2D eigenvalue weighted by atomic mass is 9.91. The van der Waals surface area contributed by atoms with E-state index in [1.807, 2.05) is 0 Å². The zero-order valence-corrected chi connectivity index (χ0v) is 18.2. The topological polar surface area (TPSA) is 132 Å². The fraction of sp³-hybridized carbons (Fsp3) is 0.0909. The van der Waals surface area contributed by atoms with Crippen molar-refractivity contribution in [1.29, 1.82) is 0 Å². The summed E-state index contributed by atoms with van der Waals surface area (Å²) in [6.45, 7) is 0. The molecule has 0 fully saturated rings. The van der Waals surface area contributed by atoms with Crippen molar-refractivity contribution in [3.05, 3.63) is 74.4 Å². The van der Waals surface area contributed by atoms with Gasteiger partial charge in [-0.2, -0.15) is 0 Å². The molecule has 0 aliphatic heterocycles. The van der Waals surface area contributed by atoms with E-state index in [0.29, 0.717) is 0 Å². The summed E-state index contributed by atoms with van der Waals surface area (Å²) in [5, 5.41) is 28.7. The number of aliphatic hydroxyl groups excluding tert-OH is 1. The Balaban J connectivity index is 0.000000182. The highest BCUT2D eigenvalue weighted by atomic mass is 35.5. The normalized spacial score (nSPS) is 14.6. The molecule has 2 aromatic rings. The Labute approximate surface area is 191 Å². The molecule has 2 aliphatic rings. The number of hydrogen-bond donors (Lipinski definition) is 3. The van der Waals surface area contributed by atoms with Gasteiger partial charge in [0.25, 0.3) is 0 Å². The Bertz CT molecular complexity index is 1280. The molecule has 3 N–H and O–H groups in total. The van der Waals surface area contributed by atoms with Gasteiger partial charge in [0.15, 0.2) is 5.78 Å². The van der Waals surface area contributed by atoms with Crippen LogP contribution in [0, 0.1) is 0 Å². The second kappa shape index (κ2) is 8.49. The van der Waals surface area contributed by atoms with Crippen molar-refractivity contribution in [1.82, 2.24) is 4.90 Å². The first kappa shape index (κ1) is 23.1. The van der Waals surface area contributed by atoms with Crippen LogP contribution in [0.3, 0.4) is 0 Å². The summed E-state index contributed by atoms with van der Waals surface area (Å²) in [6, 6.07) is 5.24. The van der Waals surface area contributed by atoms with Crippen molar-refractivity contribution in [2.45, 2.75) is 0 Å². The summed E-state index contributed by atoms with van der Waals surface area (Å²) in [7, 11) is 3.33. The number of halogens is 2. The van der Waals surface area contributed by atoms with Crippen LogP contribution in [0.15, 0.2) is 42.1 Å². The summed E-state index contributed by atoms with van der Waals surface area (Å²) in [5.74, 6) is -3.42. The lowest BCUT2D eigenvalue weighted by Crippen LogP contribution is -2.26. The van der Waals surface area contributed by atoms with Crippen LogP contribution in [0.1, 0.15) is 36.6 Å². The minimum absolute atomic E-state index is 0.0203. The van der Waals surface area contributed by atoms with Gasteiger partial charge in [0, 0.05) is 26.2 Å². The van der Waals surface area contributed by atoms with E-state index in [1.54, 1.807) is 19.0 Å². The molecule has 10 heteroatoms. The van der Waals surface area contributed by atoms with Crippen molar-refractivity contribution in [3.63, 3.8) is 0 Å². The fourth-order valence-electron chi connectivity index (χ4n) is 3.19. The summed E-state index contributed by atoms with van der Waals surface area (Å²) >= 11 is 11.6. The van der Waals surface area contributed by atoms with Crippen LogP contribution in [0.4, 0.5) is 0 Å². The molecule has 8 nitrogen and oxygen atoms in total. The number of benzene rings is 2. The molecule has 0 saturated carbocycles. The van der Waals surface area contributed by atoms with E-state index >= 15 is 0 Å². The van der Waals surface area contributed by atoms with Crippen LogP contribution in [0.25, 0.3) is 5.76 Å². The minimum atomic E-state index is -0.854. The number of phenols is 2. The SMILES string of the molecule is CN(C)C1=CC(=O)c2c(O)ccc(Cl)c2C1=O.O=C1C=C(O)c2c(O)ccc(Cl)c2C1=O. The molecule has 0 heterocycles. The van der Waals surface area contributed by atoms with Crippen LogP contribution in [-0.2, 0) is 4.79 Å². The number of carbonyl (C=O) groups excluding carboxylic acids is 4. The van der Waals surface area contributed by atoms with E-state index in [-0.39, 0.29) is 55.3 Å². The van der Waals surface area contributed by atoms with Gasteiger partial charge in [-0.05, 0) is 24.3 Å². The van der Waals surface area contributed by atoms with Gasteiger partial charge in [-0.3, -0.25) is 19.2 Å². The molecule has 0 radical (unpaired) electrons. The van der Waals surface area contributed by atoms with Gasteiger partial charge in [-0.25, -0.2) is 0 Å². The highest BCUT2D eigenvalue weighted by molar-refractivity contribution is 6.53. The Morgan fingerprint density at radius 2 is 1.16 bits per heavy atom. The molecule has 0 unspecified atom stereocenters. The van der Waals surface area contributed by atoms with Gasteiger partial charge in [-0.1, -0.05) is 23.2 Å². The zero-order valence-electron chi connectivity index (χ0n) is 16.6. The standard InChI is InChI=1S/C12H10ClNO3.C10H5ClO4/c1-14(2)7-5-9(16)11-8(15)4-3-6(13)10(11)12(7)17;11-4-1-2-5(12)9-6(13)3-7(14)10(15)8(4)9/h3-5,15H,1-2H3;1-3,12-13H. The lowest BCUT2D eigenvalue weighted by molar-refractivity contribution is -0.111. The van der Waals surface area contributed by atoms with Crippen LogP contribution < -0.4 is 0 Å². The second-order valence-electron chi connectivity index (χ2n) is 6.97. The van der Waals surface area contributed by atoms with E-state index < -0.39 is 23.1 Å². The van der Waals surface area contributed by atoms with E-state index in [0.717, 1.165) is 6.08 Å². The Morgan fingerprint density at radius 1 is 0.656 bits per heavy atom. The number of nitrogens with zero attached hydrogens (tertiary/aromatic N) is 1. The smallest absolute Gasteiger partial charge is 0.235 e. The molecule has 0 spiro atoms. The number of fused-ring (bicyclic) bond motifs is 2. The van der Waals surface area contributed by atoms with Gasteiger partial charge in [-0.15, -0.1) is 0 Å². The minimum Gasteiger partial charge on any atom is -0.507 e. The molecular formula is C22H15Cl2NO7. The maximum absolute atomic E-state index is 12.1. The molecule has 32 heavy (non-hydrogen) atoms. The lowest BCUT2D eigenvalue weighted by Gasteiger charge is -2.21. The average molecular weight is 476 g/mol. The van der Waals surface area contributed by atoms with Crippen molar-refractivity contribution in [2.24, 2.45) is 0 Å². The second-order valence-corrected chi connectivity index (χ2v) is 7.79. The zero-order chi connectivity index (χ0) is 23.9. The maximum Gasteiger partial charge on any atom is 0.235 e. The van der Waals surface area contributed by atoms with Gasteiger partial charge >= 0.3 is 0 Å².